The number of nitrogens with two attached hydrogens (primary N) is 2. The van der Waals surface area contributed by atoms with E-state index in [4.69, 9.17) is 11.5 Å². The van der Waals surface area contributed by atoms with Gasteiger partial charge in [-0.15, -0.1) is 0 Å². The molecule has 0 aliphatic heterocycles. The Bertz CT molecular complexity index is 1310. The molecule has 0 heterocycles. The quantitative estimate of drug-likeness (QED) is 0.107. The van der Waals surface area contributed by atoms with Gasteiger partial charge in [0.05, 0.1) is 10.8 Å². The topological polar surface area (TPSA) is 52.0 Å². The molecule has 10 heteroatoms. The first-order valence-corrected chi connectivity index (χ1v) is 15.0. The van der Waals surface area contributed by atoms with Gasteiger partial charge in [0.2, 0.25) is 0 Å². The molecule has 0 bridgehead atoms. The minimum absolute atomic E-state index is 0.00833. The van der Waals surface area contributed by atoms with Crippen LogP contribution in [0.3, 0.4) is 0 Å². The van der Waals surface area contributed by atoms with E-state index in [0.29, 0.717) is 21.2 Å². The van der Waals surface area contributed by atoms with Crippen LogP contribution < -0.4 is 11.5 Å². The first kappa shape index (κ1) is 32.7. The number of alkyl halides is 6. The molecule has 4 aromatic rings. The second kappa shape index (κ2) is 14.0. The van der Waals surface area contributed by atoms with Crippen LogP contribution in [-0.2, 0) is 5.41 Å². The fraction of sp³-hybridized carbons (Fsp3) is 0.273. The largest absolute Gasteiger partial charge is 0.399 e. The molecule has 0 spiro atoms. The molecule has 0 aliphatic rings. The molecule has 4 rings (SSSR count). The Morgan fingerprint density at radius 3 is 0.860 bits per heavy atom. The lowest BCUT2D eigenvalue weighted by Crippen LogP contribution is -2.64. The van der Waals surface area contributed by atoms with Gasteiger partial charge in [0, 0.05) is 36.4 Å². The summed E-state index contributed by atoms with van der Waals surface area (Å²) in [6.45, 7) is -9.72. The summed E-state index contributed by atoms with van der Waals surface area (Å²) in [6.07, 6.45) is 0. The third-order valence-corrected chi connectivity index (χ3v) is 9.96. The molecule has 0 aromatic heterocycles. The molecule has 0 aliphatic carbocycles. The minimum atomic E-state index is -2.62. The molecule has 0 saturated carbocycles. The second-order valence-electron chi connectivity index (χ2n) is 10.5. The molecule has 2 nitrogen and oxygen atoms in total. The number of anilines is 2. The second-order valence-corrected chi connectivity index (χ2v) is 12.8. The first-order valence-electron chi connectivity index (χ1n) is 13.4. The normalized spacial score (nSPS) is 12.4. The number of hydrogen-bond acceptors (Lipinski definition) is 4. The van der Waals surface area contributed by atoms with Gasteiger partial charge in [0.25, 0.3) is 0 Å². The van der Waals surface area contributed by atoms with Crippen molar-refractivity contribution < 1.29 is 26.3 Å². The van der Waals surface area contributed by atoms with E-state index in [9.17, 15) is 0 Å². The van der Waals surface area contributed by atoms with Crippen molar-refractivity contribution in [2.75, 3.05) is 51.5 Å². The average Bonchev–Trinajstić information content (AvgIpc) is 3.05. The zero-order valence-corrected chi connectivity index (χ0v) is 24.9. The third-order valence-electron chi connectivity index (χ3n) is 7.93. The highest BCUT2D eigenvalue weighted by Crippen LogP contribution is 2.60. The Labute approximate surface area is 256 Å². The number of rotatable bonds is 14. The zero-order valence-electron chi connectivity index (χ0n) is 23.2. The van der Waals surface area contributed by atoms with Crippen molar-refractivity contribution in [2.45, 2.75) is 25.0 Å². The predicted octanol–water partition coefficient (Wildman–Crippen LogP) is 9.23. The smallest absolute Gasteiger partial charge is 0.101 e. The number of nitrogen functional groups attached to an aromatic ring is 2. The summed E-state index contributed by atoms with van der Waals surface area (Å²) in [6, 6.07) is 26.4. The molecule has 43 heavy (non-hydrogen) atoms. The zero-order chi connectivity index (χ0) is 31.1. The van der Waals surface area contributed by atoms with Crippen molar-refractivity contribution >= 4 is 34.9 Å². The van der Waals surface area contributed by atoms with E-state index in [1.807, 2.05) is 24.3 Å². The van der Waals surface area contributed by atoms with E-state index in [1.165, 1.54) is 47.8 Å². The summed E-state index contributed by atoms with van der Waals surface area (Å²) in [7, 11) is 0. The fourth-order valence-electron chi connectivity index (χ4n) is 5.66. The van der Waals surface area contributed by atoms with Crippen LogP contribution in [-0.4, -0.2) is 40.0 Å². The van der Waals surface area contributed by atoms with Crippen molar-refractivity contribution in [1.82, 2.24) is 0 Å². The Kier molecular flexibility index (Phi) is 10.7. The Hall–Kier alpha value is -3.24. The summed E-state index contributed by atoms with van der Waals surface area (Å²) in [4.78, 5) is 3.07. The fourth-order valence-corrected chi connectivity index (χ4v) is 7.29. The molecule has 4 N–H and O–H groups in total. The highest BCUT2D eigenvalue weighted by molar-refractivity contribution is 7.99. The molecule has 0 radical (unpaired) electrons. The van der Waals surface area contributed by atoms with E-state index >= 15 is 26.3 Å². The van der Waals surface area contributed by atoms with Crippen molar-refractivity contribution in [3.05, 3.63) is 108 Å². The van der Waals surface area contributed by atoms with Gasteiger partial charge in [0.15, 0.2) is 0 Å². The highest BCUT2D eigenvalue weighted by Gasteiger charge is 2.66. The molecule has 0 fully saturated rings. The molecule has 0 unspecified atom stereocenters. The van der Waals surface area contributed by atoms with Gasteiger partial charge in [-0.25, -0.2) is 0 Å². The SMILES string of the molecule is Nc1ccc(Sc2ccc(C(c3ccc(Sc4ccc(N)cc4)cc3)(C(CF)(CF)CF)C(CF)(CF)CF)cc2)cc1. The highest BCUT2D eigenvalue weighted by atomic mass is 32.2. The maximum Gasteiger partial charge on any atom is 0.101 e. The Morgan fingerprint density at radius 2 is 0.628 bits per heavy atom. The van der Waals surface area contributed by atoms with Gasteiger partial charge < -0.3 is 11.5 Å². The van der Waals surface area contributed by atoms with Crippen LogP contribution in [0.4, 0.5) is 37.7 Å². The predicted molar refractivity (Wildman–Crippen MR) is 164 cm³/mol. The third kappa shape index (κ3) is 6.09. The van der Waals surface area contributed by atoms with E-state index in [2.05, 4.69) is 0 Å². The lowest BCUT2D eigenvalue weighted by atomic mass is 9.47. The minimum Gasteiger partial charge on any atom is -0.399 e. The summed E-state index contributed by atoms with van der Waals surface area (Å²) in [5.74, 6) is 0. The molecule has 0 atom stereocenters. The number of benzene rings is 4. The first-order chi connectivity index (χ1) is 20.8. The van der Waals surface area contributed by atoms with E-state index in [0.717, 1.165) is 9.79 Å². The lowest BCUT2D eigenvalue weighted by Gasteiger charge is -2.56. The maximum absolute atomic E-state index is 15.0. The van der Waals surface area contributed by atoms with Gasteiger partial charge in [-0.3, -0.25) is 26.3 Å². The van der Waals surface area contributed by atoms with Crippen LogP contribution in [0.25, 0.3) is 0 Å². The van der Waals surface area contributed by atoms with Crippen molar-refractivity contribution in [1.29, 1.82) is 0 Å². The van der Waals surface area contributed by atoms with Crippen LogP contribution >= 0.6 is 23.5 Å². The standard InChI is InChI=1S/C33H32F6N2S2/c34-17-31(18-35,19-36)33(32(20-37,21-38)22-39,23-1-9-27(10-2-23)42-29-13-5-25(40)6-14-29)24-3-11-28(12-4-24)43-30-15-7-26(41)8-16-30/h1-16H,17-22,40-41H2. The maximum atomic E-state index is 15.0. The van der Waals surface area contributed by atoms with Gasteiger partial charge in [-0.1, -0.05) is 47.8 Å². The Balaban J connectivity index is 1.90. The molecule has 4 aromatic carbocycles. The van der Waals surface area contributed by atoms with Crippen LogP contribution in [0, 0.1) is 10.8 Å². The number of halogens is 6. The van der Waals surface area contributed by atoms with Crippen LogP contribution in [0.5, 0.6) is 0 Å². The summed E-state index contributed by atoms with van der Waals surface area (Å²) >= 11 is 2.71. The van der Waals surface area contributed by atoms with Crippen molar-refractivity contribution in [3.8, 4) is 0 Å². The van der Waals surface area contributed by atoms with Crippen LogP contribution in [0.15, 0.2) is 117 Å². The average molecular weight is 635 g/mol. The molecule has 228 valence electrons. The number of hydrogen-bond donors (Lipinski definition) is 2. The van der Waals surface area contributed by atoms with Gasteiger partial charge >= 0.3 is 0 Å². The van der Waals surface area contributed by atoms with Gasteiger partial charge in [-0.05, 0) is 83.9 Å². The van der Waals surface area contributed by atoms with E-state index in [1.54, 1.807) is 48.5 Å². The summed E-state index contributed by atoms with van der Waals surface area (Å²) in [5.41, 5.74) is 5.07. The van der Waals surface area contributed by atoms with Gasteiger partial charge in [-0.2, -0.15) is 0 Å². The molecule has 0 amide bonds. The van der Waals surface area contributed by atoms with E-state index < -0.39 is 56.3 Å². The van der Waals surface area contributed by atoms with Crippen LogP contribution in [0.2, 0.25) is 0 Å². The monoisotopic (exact) mass is 634 g/mol. The van der Waals surface area contributed by atoms with Crippen LogP contribution in [0.1, 0.15) is 11.1 Å². The Morgan fingerprint density at radius 1 is 0.395 bits per heavy atom. The van der Waals surface area contributed by atoms with Crippen molar-refractivity contribution in [3.63, 3.8) is 0 Å². The molecular weight excluding hydrogens is 602 g/mol. The summed E-state index contributed by atoms with van der Waals surface area (Å²) in [5, 5.41) is 0. The lowest BCUT2D eigenvalue weighted by molar-refractivity contribution is -0.0719. The van der Waals surface area contributed by atoms with Crippen molar-refractivity contribution in [2.24, 2.45) is 10.8 Å². The molecule has 0 saturated heterocycles. The van der Waals surface area contributed by atoms with E-state index in [-0.39, 0.29) is 11.1 Å². The molecular formula is C33H32F6N2S2. The van der Waals surface area contributed by atoms with Gasteiger partial charge in [0.1, 0.15) is 40.0 Å². The summed E-state index contributed by atoms with van der Waals surface area (Å²) < 4.78 is 90.3.